The van der Waals surface area contributed by atoms with E-state index in [2.05, 4.69) is 11.8 Å². The zero-order valence-corrected chi connectivity index (χ0v) is 11.6. The quantitative estimate of drug-likeness (QED) is 0.806. The van der Waals surface area contributed by atoms with E-state index in [1.165, 1.54) is 19.3 Å². The summed E-state index contributed by atoms with van der Waals surface area (Å²) in [6.45, 7) is 2.98. The number of hydrogen-bond acceptors (Lipinski definition) is 3. The second-order valence-corrected chi connectivity index (χ2v) is 5.85. The summed E-state index contributed by atoms with van der Waals surface area (Å²) < 4.78 is 0. The number of aliphatic hydroxyl groups is 1. The fraction of sp³-hybridized carbons (Fsp3) is 0.929. The molecule has 1 heterocycles. The Hall–Kier alpha value is -0.610. The van der Waals surface area contributed by atoms with Crippen molar-refractivity contribution in [1.29, 1.82) is 0 Å². The molecule has 1 saturated heterocycles. The van der Waals surface area contributed by atoms with E-state index in [0.29, 0.717) is 12.1 Å². The summed E-state index contributed by atoms with van der Waals surface area (Å²) in [5, 5.41) is 9.47. The van der Waals surface area contributed by atoms with Crippen molar-refractivity contribution in [1.82, 2.24) is 9.80 Å². The van der Waals surface area contributed by atoms with Crippen molar-refractivity contribution in [3.05, 3.63) is 0 Å². The van der Waals surface area contributed by atoms with Gasteiger partial charge in [-0.15, -0.1) is 0 Å². The first-order valence-electron chi connectivity index (χ1n) is 7.28. The van der Waals surface area contributed by atoms with Crippen LogP contribution in [0.4, 0.5) is 0 Å². The summed E-state index contributed by atoms with van der Waals surface area (Å²) in [4.78, 5) is 16.7. The minimum Gasteiger partial charge on any atom is -0.394 e. The molecule has 4 heteroatoms. The van der Waals surface area contributed by atoms with Crippen LogP contribution in [0.1, 0.15) is 45.4 Å². The SMILES string of the molecule is CC1CCN(C)C(CO)C(=O)N1C1CCCCC1. The van der Waals surface area contributed by atoms with Gasteiger partial charge in [-0.3, -0.25) is 9.69 Å². The molecule has 1 N–H and O–H groups in total. The molecule has 0 aromatic rings. The van der Waals surface area contributed by atoms with Gasteiger partial charge in [0.05, 0.1) is 6.61 Å². The second kappa shape index (κ2) is 6.02. The summed E-state index contributed by atoms with van der Waals surface area (Å²) in [5.74, 6) is 0.136. The van der Waals surface area contributed by atoms with Gasteiger partial charge in [0.25, 0.3) is 0 Å². The number of rotatable bonds is 2. The van der Waals surface area contributed by atoms with E-state index < -0.39 is 0 Å². The smallest absolute Gasteiger partial charge is 0.242 e. The molecule has 0 radical (unpaired) electrons. The molecule has 104 valence electrons. The van der Waals surface area contributed by atoms with Crippen LogP contribution in [0.25, 0.3) is 0 Å². The number of hydrogen-bond donors (Lipinski definition) is 1. The van der Waals surface area contributed by atoms with Crippen molar-refractivity contribution in [2.75, 3.05) is 20.2 Å². The number of likely N-dealkylation sites (N-methyl/N-ethyl adjacent to an activating group) is 1. The van der Waals surface area contributed by atoms with Crippen molar-refractivity contribution in [3.8, 4) is 0 Å². The number of carbonyl (C=O) groups is 1. The van der Waals surface area contributed by atoms with Crippen molar-refractivity contribution in [2.24, 2.45) is 0 Å². The molecule has 0 aromatic carbocycles. The molecule has 1 saturated carbocycles. The lowest BCUT2D eigenvalue weighted by Crippen LogP contribution is -2.52. The number of nitrogens with zero attached hydrogens (tertiary/aromatic N) is 2. The highest BCUT2D eigenvalue weighted by atomic mass is 16.3. The molecule has 1 aliphatic heterocycles. The van der Waals surface area contributed by atoms with Crippen molar-refractivity contribution >= 4 is 5.91 Å². The van der Waals surface area contributed by atoms with Gasteiger partial charge in [-0.05, 0) is 33.2 Å². The molecule has 2 fully saturated rings. The van der Waals surface area contributed by atoms with E-state index >= 15 is 0 Å². The van der Waals surface area contributed by atoms with E-state index in [1.807, 2.05) is 11.9 Å². The number of amides is 1. The van der Waals surface area contributed by atoms with Gasteiger partial charge in [0.1, 0.15) is 6.04 Å². The molecule has 1 amide bonds. The van der Waals surface area contributed by atoms with E-state index in [1.54, 1.807) is 0 Å². The Balaban J connectivity index is 2.16. The third kappa shape index (κ3) is 2.69. The first-order chi connectivity index (χ1) is 8.65. The molecule has 18 heavy (non-hydrogen) atoms. The fourth-order valence-corrected chi connectivity index (χ4v) is 3.38. The lowest BCUT2D eigenvalue weighted by Gasteiger charge is -2.39. The molecule has 2 rings (SSSR count). The Bertz CT molecular complexity index is 290. The van der Waals surface area contributed by atoms with Crippen LogP contribution >= 0.6 is 0 Å². The Labute approximate surface area is 110 Å². The second-order valence-electron chi connectivity index (χ2n) is 5.85. The zero-order valence-electron chi connectivity index (χ0n) is 11.6. The fourth-order valence-electron chi connectivity index (χ4n) is 3.38. The van der Waals surface area contributed by atoms with Gasteiger partial charge in [0.2, 0.25) is 5.91 Å². The monoisotopic (exact) mass is 254 g/mol. The molecule has 0 spiro atoms. The normalized spacial score (nSPS) is 32.6. The van der Waals surface area contributed by atoms with Crippen molar-refractivity contribution in [2.45, 2.75) is 63.6 Å². The Morgan fingerprint density at radius 3 is 2.50 bits per heavy atom. The Kier molecular flexibility index (Phi) is 4.62. The molecule has 2 unspecified atom stereocenters. The van der Waals surface area contributed by atoms with Crippen LogP contribution in [-0.2, 0) is 4.79 Å². The topological polar surface area (TPSA) is 43.8 Å². The molecular formula is C14H26N2O2. The number of carbonyl (C=O) groups excluding carboxylic acids is 1. The Morgan fingerprint density at radius 2 is 1.89 bits per heavy atom. The molecule has 2 atom stereocenters. The highest BCUT2D eigenvalue weighted by molar-refractivity contribution is 5.83. The molecular weight excluding hydrogens is 228 g/mol. The molecule has 0 bridgehead atoms. The largest absolute Gasteiger partial charge is 0.394 e. The van der Waals surface area contributed by atoms with E-state index in [4.69, 9.17) is 0 Å². The standard InChI is InChI=1S/C14H26N2O2/c1-11-8-9-15(2)13(10-17)14(18)16(11)12-6-4-3-5-7-12/h11-13,17H,3-10H2,1-2H3. The minimum atomic E-state index is -0.336. The third-order valence-electron chi connectivity index (χ3n) is 4.59. The van der Waals surface area contributed by atoms with E-state index in [9.17, 15) is 9.90 Å². The lowest BCUT2D eigenvalue weighted by atomic mass is 9.92. The summed E-state index contributed by atoms with van der Waals surface area (Å²) in [6, 6.07) is 0.373. The van der Waals surface area contributed by atoms with Crippen LogP contribution in [0.2, 0.25) is 0 Å². The average molecular weight is 254 g/mol. The first kappa shape index (κ1) is 13.8. The van der Waals surface area contributed by atoms with Crippen molar-refractivity contribution < 1.29 is 9.90 Å². The zero-order chi connectivity index (χ0) is 13.1. The lowest BCUT2D eigenvalue weighted by molar-refractivity contribution is -0.141. The molecule has 0 aromatic heterocycles. The van der Waals surface area contributed by atoms with Crippen LogP contribution < -0.4 is 0 Å². The summed E-state index contributed by atoms with van der Waals surface area (Å²) >= 11 is 0. The number of aliphatic hydroxyl groups excluding tert-OH is 1. The maximum Gasteiger partial charge on any atom is 0.242 e. The van der Waals surface area contributed by atoms with Crippen LogP contribution in [0.5, 0.6) is 0 Å². The first-order valence-corrected chi connectivity index (χ1v) is 7.28. The highest BCUT2D eigenvalue weighted by Crippen LogP contribution is 2.27. The maximum absolute atomic E-state index is 12.6. The summed E-state index contributed by atoms with van der Waals surface area (Å²) in [6.07, 6.45) is 7.06. The van der Waals surface area contributed by atoms with Crippen LogP contribution in [0, 0.1) is 0 Å². The van der Waals surface area contributed by atoms with E-state index in [-0.39, 0.29) is 18.6 Å². The van der Waals surface area contributed by atoms with Crippen LogP contribution in [0.3, 0.4) is 0 Å². The van der Waals surface area contributed by atoms with Gasteiger partial charge in [0.15, 0.2) is 0 Å². The maximum atomic E-state index is 12.6. The van der Waals surface area contributed by atoms with Gasteiger partial charge >= 0.3 is 0 Å². The van der Waals surface area contributed by atoms with Crippen LogP contribution in [-0.4, -0.2) is 59.1 Å². The van der Waals surface area contributed by atoms with Gasteiger partial charge in [-0.25, -0.2) is 0 Å². The minimum absolute atomic E-state index is 0.0642. The van der Waals surface area contributed by atoms with Gasteiger partial charge in [-0.1, -0.05) is 19.3 Å². The molecule has 1 aliphatic carbocycles. The van der Waals surface area contributed by atoms with Gasteiger partial charge in [-0.2, -0.15) is 0 Å². The summed E-state index contributed by atoms with van der Waals surface area (Å²) in [5.41, 5.74) is 0. The van der Waals surface area contributed by atoms with E-state index in [0.717, 1.165) is 25.8 Å². The third-order valence-corrected chi connectivity index (χ3v) is 4.59. The highest BCUT2D eigenvalue weighted by Gasteiger charge is 2.37. The summed E-state index contributed by atoms with van der Waals surface area (Å²) in [7, 11) is 1.94. The van der Waals surface area contributed by atoms with Crippen molar-refractivity contribution in [3.63, 3.8) is 0 Å². The van der Waals surface area contributed by atoms with Gasteiger partial charge in [0, 0.05) is 18.6 Å². The Morgan fingerprint density at radius 1 is 1.22 bits per heavy atom. The predicted octanol–water partition coefficient (Wildman–Crippen LogP) is 1.23. The molecule has 2 aliphatic rings. The van der Waals surface area contributed by atoms with Crippen LogP contribution in [0.15, 0.2) is 0 Å². The predicted molar refractivity (Wildman–Crippen MR) is 71.3 cm³/mol. The van der Waals surface area contributed by atoms with Gasteiger partial charge < -0.3 is 10.0 Å². The average Bonchev–Trinajstić information content (AvgIpc) is 2.48. The molecule has 4 nitrogen and oxygen atoms in total.